The number of pyridine rings is 1. The average molecular weight is 226 g/mol. The number of aromatic nitrogens is 1. The molecule has 1 aromatic carbocycles. The number of nitrogen functional groups attached to an aromatic ring is 1. The van der Waals surface area contributed by atoms with Crippen LogP contribution in [0.5, 0.6) is 0 Å². The maximum Gasteiger partial charge on any atom is 0.137 e. The van der Waals surface area contributed by atoms with Crippen LogP contribution in [0.4, 0.5) is 5.82 Å². The van der Waals surface area contributed by atoms with Crippen molar-refractivity contribution < 1.29 is 0 Å². The van der Waals surface area contributed by atoms with Crippen LogP contribution in [0.1, 0.15) is 11.1 Å². The summed E-state index contributed by atoms with van der Waals surface area (Å²) in [5.41, 5.74) is 7.27. The first kappa shape index (κ1) is 11.1. The fourth-order valence-corrected chi connectivity index (χ4v) is 1.55. The monoisotopic (exact) mass is 226 g/mol. The van der Waals surface area contributed by atoms with Gasteiger partial charge < -0.3 is 11.1 Å². The van der Waals surface area contributed by atoms with Crippen LogP contribution < -0.4 is 11.1 Å². The van der Waals surface area contributed by atoms with E-state index in [-0.39, 0.29) is 5.84 Å². The molecule has 17 heavy (non-hydrogen) atoms. The minimum atomic E-state index is 0.0219. The van der Waals surface area contributed by atoms with Gasteiger partial charge in [-0.25, -0.2) is 4.98 Å². The van der Waals surface area contributed by atoms with E-state index in [0.29, 0.717) is 17.9 Å². The van der Waals surface area contributed by atoms with Gasteiger partial charge in [-0.15, -0.1) is 0 Å². The van der Waals surface area contributed by atoms with Crippen LogP contribution in [0.2, 0.25) is 0 Å². The zero-order valence-corrected chi connectivity index (χ0v) is 9.35. The van der Waals surface area contributed by atoms with E-state index >= 15 is 0 Å². The van der Waals surface area contributed by atoms with Crippen molar-refractivity contribution in [3.8, 4) is 0 Å². The smallest absolute Gasteiger partial charge is 0.137 e. The molecule has 0 aliphatic heterocycles. The Bertz CT molecular complexity index is 508. The van der Waals surface area contributed by atoms with Crippen LogP contribution in [0, 0.1) is 5.41 Å². The van der Waals surface area contributed by atoms with Crippen molar-refractivity contribution in [3.63, 3.8) is 0 Å². The zero-order chi connectivity index (χ0) is 12.1. The van der Waals surface area contributed by atoms with Gasteiger partial charge in [0.05, 0.1) is 5.56 Å². The SMILES string of the molecule is N=C(N)c1cccnc1NCc1ccccc1. The van der Waals surface area contributed by atoms with Crippen molar-refractivity contribution in [3.05, 3.63) is 59.8 Å². The molecule has 0 unspecified atom stereocenters. The van der Waals surface area contributed by atoms with Gasteiger partial charge in [-0.3, -0.25) is 5.41 Å². The highest BCUT2D eigenvalue weighted by molar-refractivity contribution is 5.99. The molecule has 1 aromatic heterocycles. The van der Waals surface area contributed by atoms with Crippen LogP contribution in [-0.2, 0) is 6.54 Å². The third kappa shape index (κ3) is 2.81. The lowest BCUT2D eigenvalue weighted by Gasteiger charge is -2.09. The number of rotatable bonds is 4. The average Bonchev–Trinajstić information content (AvgIpc) is 2.38. The molecule has 0 fully saturated rings. The van der Waals surface area contributed by atoms with E-state index in [1.807, 2.05) is 30.3 Å². The van der Waals surface area contributed by atoms with E-state index in [2.05, 4.69) is 10.3 Å². The molecule has 4 nitrogen and oxygen atoms in total. The van der Waals surface area contributed by atoms with Gasteiger partial charge in [-0.1, -0.05) is 30.3 Å². The third-order valence-corrected chi connectivity index (χ3v) is 2.40. The van der Waals surface area contributed by atoms with Crippen LogP contribution in [0.15, 0.2) is 48.7 Å². The van der Waals surface area contributed by atoms with Gasteiger partial charge in [0.15, 0.2) is 0 Å². The molecule has 0 saturated heterocycles. The van der Waals surface area contributed by atoms with Gasteiger partial charge in [-0.2, -0.15) is 0 Å². The molecule has 2 rings (SSSR count). The van der Waals surface area contributed by atoms with E-state index in [1.165, 1.54) is 0 Å². The van der Waals surface area contributed by atoms with Gasteiger partial charge in [0, 0.05) is 12.7 Å². The summed E-state index contributed by atoms with van der Waals surface area (Å²) >= 11 is 0. The van der Waals surface area contributed by atoms with E-state index in [0.717, 1.165) is 5.56 Å². The molecule has 0 bridgehead atoms. The fraction of sp³-hybridized carbons (Fsp3) is 0.0769. The number of nitrogens with two attached hydrogens (primary N) is 1. The van der Waals surface area contributed by atoms with E-state index in [4.69, 9.17) is 11.1 Å². The highest BCUT2D eigenvalue weighted by Crippen LogP contribution is 2.11. The number of anilines is 1. The van der Waals surface area contributed by atoms with Crippen LogP contribution in [0.25, 0.3) is 0 Å². The summed E-state index contributed by atoms with van der Waals surface area (Å²) in [7, 11) is 0. The van der Waals surface area contributed by atoms with Gasteiger partial charge in [0.1, 0.15) is 11.7 Å². The predicted molar refractivity (Wildman–Crippen MR) is 69.0 cm³/mol. The number of benzene rings is 1. The molecule has 0 aliphatic carbocycles. The van der Waals surface area contributed by atoms with Crippen molar-refractivity contribution in [1.82, 2.24) is 4.98 Å². The molecule has 2 aromatic rings. The highest BCUT2D eigenvalue weighted by atomic mass is 15.0. The zero-order valence-electron chi connectivity index (χ0n) is 9.35. The first-order valence-corrected chi connectivity index (χ1v) is 5.34. The summed E-state index contributed by atoms with van der Waals surface area (Å²) in [6.07, 6.45) is 1.68. The minimum absolute atomic E-state index is 0.0219. The van der Waals surface area contributed by atoms with Crippen LogP contribution >= 0.6 is 0 Å². The first-order chi connectivity index (χ1) is 8.27. The topological polar surface area (TPSA) is 74.8 Å². The first-order valence-electron chi connectivity index (χ1n) is 5.34. The Balaban J connectivity index is 2.12. The van der Waals surface area contributed by atoms with Gasteiger partial charge >= 0.3 is 0 Å². The second-order valence-electron chi connectivity index (χ2n) is 3.65. The summed E-state index contributed by atoms with van der Waals surface area (Å²) in [5, 5.41) is 10.6. The molecular formula is C13H14N4. The van der Waals surface area contributed by atoms with E-state index in [9.17, 15) is 0 Å². The Morgan fingerprint density at radius 2 is 1.94 bits per heavy atom. The number of nitrogens with one attached hydrogen (secondary N) is 2. The number of nitrogens with zero attached hydrogens (tertiary/aromatic N) is 1. The second kappa shape index (κ2) is 5.12. The molecule has 0 aliphatic rings. The molecule has 0 amide bonds. The number of hydrogen-bond acceptors (Lipinski definition) is 3. The largest absolute Gasteiger partial charge is 0.384 e. The molecule has 86 valence electrons. The number of hydrogen-bond donors (Lipinski definition) is 3. The highest BCUT2D eigenvalue weighted by Gasteiger charge is 2.04. The summed E-state index contributed by atoms with van der Waals surface area (Å²) in [4.78, 5) is 4.18. The van der Waals surface area contributed by atoms with Gasteiger partial charge in [0.2, 0.25) is 0 Å². The summed E-state index contributed by atoms with van der Waals surface area (Å²) in [6.45, 7) is 0.665. The minimum Gasteiger partial charge on any atom is -0.384 e. The summed E-state index contributed by atoms with van der Waals surface area (Å²) in [6, 6.07) is 13.6. The Kier molecular flexibility index (Phi) is 3.35. The van der Waals surface area contributed by atoms with Crippen molar-refractivity contribution in [2.75, 3.05) is 5.32 Å². The van der Waals surface area contributed by atoms with Crippen molar-refractivity contribution in [2.45, 2.75) is 6.54 Å². The number of amidine groups is 1. The van der Waals surface area contributed by atoms with E-state index in [1.54, 1.807) is 18.3 Å². The molecular weight excluding hydrogens is 212 g/mol. The van der Waals surface area contributed by atoms with Crippen molar-refractivity contribution >= 4 is 11.7 Å². The second-order valence-corrected chi connectivity index (χ2v) is 3.65. The molecule has 0 spiro atoms. The van der Waals surface area contributed by atoms with E-state index < -0.39 is 0 Å². The van der Waals surface area contributed by atoms with Crippen molar-refractivity contribution in [1.29, 1.82) is 5.41 Å². The maximum atomic E-state index is 7.46. The fourth-order valence-electron chi connectivity index (χ4n) is 1.55. The lowest BCUT2D eigenvalue weighted by atomic mass is 10.2. The Labute approximate surface area is 100 Å². The molecule has 1 heterocycles. The molecule has 4 heteroatoms. The van der Waals surface area contributed by atoms with Gasteiger partial charge in [0.25, 0.3) is 0 Å². The Hall–Kier alpha value is -2.36. The van der Waals surface area contributed by atoms with Gasteiger partial charge in [-0.05, 0) is 17.7 Å². The maximum absolute atomic E-state index is 7.46. The molecule has 0 saturated carbocycles. The van der Waals surface area contributed by atoms with Crippen LogP contribution in [0.3, 0.4) is 0 Å². The van der Waals surface area contributed by atoms with Crippen LogP contribution in [-0.4, -0.2) is 10.8 Å². The Morgan fingerprint density at radius 1 is 1.18 bits per heavy atom. The Morgan fingerprint density at radius 3 is 2.65 bits per heavy atom. The normalized spacial score (nSPS) is 9.88. The lowest BCUT2D eigenvalue weighted by Crippen LogP contribution is -2.15. The quantitative estimate of drug-likeness (QED) is 0.551. The third-order valence-electron chi connectivity index (χ3n) is 2.40. The molecule has 0 radical (unpaired) electrons. The van der Waals surface area contributed by atoms with Crippen molar-refractivity contribution in [2.24, 2.45) is 5.73 Å². The lowest BCUT2D eigenvalue weighted by molar-refractivity contribution is 1.11. The summed E-state index contributed by atoms with van der Waals surface area (Å²) < 4.78 is 0. The molecule has 0 atom stereocenters. The predicted octanol–water partition coefficient (Wildman–Crippen LogP) is 1.98. The summed E-state index contributed by atoms with van der Waals surface area (Å²) in [5.74, 6) is 0.664. The standard InChI is InChI=1S/C13H14N4/c14-12(15)11-7-4-8-16-13(11)17-9-10-5-2-1-3-6-10/h1-8H,9H2,(H3,14,15)(H,16,17). The molecule has 4 N–H and O–H groups in total.